The number of piperidine rings is 1. The predicted octanol–water partition coefficient (Wildman–Crippen LogP) is 4.32. The zero-order valence-corrected chi connectivity index (χ0v) is 16.5. The third kappa shape index (κ3) is 3.24. The number of aromatic nitrogens is 4. The van der Waals surface area contributed by atoms with Gasteiger partial charge in [-0.3, -0.25) is 9.48 Å². The largest absolute Gasteiger partial charge is 0.340 e. The number of carbonyl (C=O) groups excluding carboxylic acids is 1. The van der Waals surface area contributed by atoms with Crippen LogP contribution in [0.4, 0.5) is 0 Å². The van der Waals surface area contributed by atoms with Crippen molar-refractivity contribution in [1.82, 2.24) is 24.6 Å². The van der Waals surface area contributed by atoms with Gasteiger partial charge >= 0.3 is 0 Å². The fourth-order valence-corrected chi connectivity index (χ4v) is 3.80. The molecule has 0 radical (unpaired) electrons. The second-order valence-electron chi connectivity index (χ2n) is 7.89. The molecule has 0 saturated carbocycles. The molecule has 3 heterocycles. The molecule has 2 aromatic heterocycles. The summed E-state index contributed by atoms with van der Waals surface area (Å²) in [5, 5.41) is 4.33. The van der Waals surface area contributed by atoms with Crippen LogP contribution in [-0.4, -0.2) is 37.1 Å². The Bertz CT molecular complexity index is 945. The monoisotopic (exact) mass is 365 g/mol. The molecule has 1 fully saturated rings. The second kappa shape index (κ2) is 6.83. The highest BCUT2D eigenvalue weighted by Gasteiger charge is 2.31. The minimum absolute atomic E-state index is 0.0123. The van der Waals surface area contributed by atoms with Gasteiger partial charge in [0.2, 0.25) is 0 Å². The third-order valence-electron chi connectivity index (χ3n) is 5.57. The van der Waals surface area contributed by atoms with Crippen LogP contribution in [0.25, 0.3) is 11.0 Å². The van der Waals surface area contributed by atoms with Crippen molar-refractivity contribution in [2.45, 2.75) is 59.0 Å². The highest BCUT2D eigenvalue weighted by molar-refractivity contribution is 5.94. The first kappa shape index (κ1) is 17.8. The van der Waals surface area contributed by atoms with Crippen LogP contribution in [0.3, 0.4) is 0 Å². The SMILES string of the molecule is Cc1cc2nc(C3CCCCN3C(=O)c3cnn(C(C)C)c3)[nH]c2cc1C. The van der Waals surface area contributed by atoms with E-state index in [2.05, 4.69) is 49.9 Å². The molecule has 1 N–H and O–H groups in total. The second-order valence-corrected chi connectivity index (χ2v) is 7.89. The van der Waals surface area contributed by atoms with Crippen LogP contribution in [-0.2, 0) is 0 Å². The van der Waals surface area contributed by atoms with E-state index in [0.717, 1.165) is 42.7 Å². The van der Waals surface area contributed by atoms with Gasteiger partial charge < -0.3 is 9.88 Å². The van der Waals surface area contributed by atoms with E-state index in [9.17, 15) is 4.79 Å². The number of rotatable bonds is 3. The van der Waals surface area contributed by atoms with E-state index >= 15 is 0 Å². The lowest BCUT2D eigenvalue weighted by Crippen LogP contribution is -2.38. The number of nitrogens with zero attached hydrogens (tertiary/aromatic N) is 4. The third-order valence-corrected chi connectivity index (χ3v) is 5.57. The first-order valence-corrected chi connectivity index (χ1v) is 9.76. The van der Waals surface area contributed by atoms with Crippen LogP contribution in [0, 0.1) is 13.8 Å². The summed E-state index contributed by atoms with van der Waals surface area (Å²) in [5.41, 5.74) is 5.14. The van der Waals surface area contributed by atoms with E-state index in [-0.39, 0.29) is 18.0 Å². The number of benzene rings is 1. The number of carbonyl (C=O) groups is 1. The smallest absolute Gasteiger partial charge is 0.257 e. The standard InChI is InChI=1S/C21H27N5O/c1-13(2)26-12-16(11-22-26)21(27)25-8-6-5-7-19(25)20-23-17-9-14(3)15(4)10-18(17)24-20/h9-13,19H,5-8H2,1-4H3,(H,23,24). The summed E-state index contributed by atoms with van der Waals surface area (Å²) in [6.45, 7) is 9.09. The summed E-state index contributed by atoms with van der Waals surface area (Å²) >= 11 is 0. The molecule has 0 aliphatic carbocycles. The Morgan fingerprint density at radius 3 is 2.74 bits per heavy atom. The molecule has 1 amide bonds. The van der Waals surface area contributed by atoms with E-state index in [0.29, 0.717) is 5.56 Å². The average Bonchev–Trinajstić information content (AvgIpc) is 3.29. The molecule has 142 valence electrons. The quantitative estimate of drug-likeness (QED) is 0.751. The molecular formula is C21H27N5O. The van der Waals surface area contributed by atoms with Crippen molar-refractivity contribution in [2.24, 2.45) is 0 Å². The van der Waals surface area contributed by atoms with Crippen LogP contribution in [0.5, 0.6) is 0 Å². The zero-order valence-electron chi connectivity index (χ0n) is 16.5. The van der Waals surface area contributed by atoms with Crippen LogP contribution >= 0.6 is 0 Å². The van der Waals surface area contributed by atoms with Gasteiger partial charge in [-0.2, -0.15) is 5.10 Å². The van der Waals surface area contributed by atoms with Gasteiger partial charge in [0.15, 0.2) is 0 Å². The molecule has 1 atom stereocenters. The number of hydrogen-bond acceptors (Lipinski definition) is 3. The van der Waals surface area contributed by atoms with Crippen molar-refractivity contribution in [3.05, 3.63) is 47.0 Å². The number of imidazole rings is 1. The molecule has 1 unspecified atom stereocenters. The highest BCUT2D eigenvalue weighted by Crippen LogP contribution is 2.32. The maximum Gasteiger partial charge on any atom is 0.257 e. The van der Waals surface area contributed by atoms with Crippen molar-refractivity contribution in [3.8, 4) is 0 Å². The number of fused-ring (bicyclic) bond motifs is 1. The molecule has 27 heavy (non-hydrogen) atoms. The fourth-order valence-electron chi connectivity index (χ4n) is 3.80. The summed E-state index contributed by atoms with van der Waals surface area (Å²) in [5.74, 6) is 0.929. The number of likely N-dealkylation sites (tertiary alicyclic amines) is 1. The summed E-state index contributed by atoms with van der Waals surface area (Å²) in [4.78, 5) is 23.4. The molecule has 1 aliphatic rings. The van der Waals surface area contributed by atoms with Crippen molar-refractivity contribution in [1.29, 1.82) is 0 Å². The Balaban J connectivity index is 1.66. The van der Waals surface area contributed by atoms with Crippen LogP contribution in [0.1, 0.15) is 72.5 Å². The van der Waals surface area contributed by atoms with Gasteiger partial charge in [0, 0.05) is 18.8 Å². The van der Waals surface area contributed by atoms with Gasteiger partial charge in [-0.05, 0) is 70.2 Å². The number of aromatic amines is 1. The molecule has 0 bridgehead atoms. The lowest BCUT2D eigenvalue weighted by molar-refractivity contribution is 0.0601. The summed E-state index contributed by atoms with van der Waals surface area (Å²) in [6, 6.07) is 4.49. The average molecular weight is 365 g/mol. The minimum Gasteiger partial charge on any atom is -0.340 e. The first-order chi connectivity index (χ1) is 12.9. The predicted molar refractivity (Wildman–Crippen MR) is 106 cm³/mol. The summed E-state index contributed by atoms with van der Waals surface area (Å²) in [6.07, 6.45) is 6.60. The number of aryl methyl sites for hydroxylation is 2. The number of hydrogen-bond donors (Lipinski definition) is 1. The molecule has 1 aliphatic heterocycles. The van der Waals surface area contributed by atoms with E-state index in [4.69, 9.17) is 4.98 Å². The van der Waals surface area contributed by atoms with Gasteiger partial charge in [0.1, 0.15) is 5.82 Å². The Morgan fingerprint density at radius 2 is 2.00 bits per heavy atom. The Morgan fingerprint density at radius 1 is 1.22 bits per heavy atom. The Labute approximate surface area is 159 Å². The van der Waals surface area contributed by atoms with Crippen molar-refractivity contribution in [3.63, 3.8) is 0 Å². The molecule has 0 spiro atoms. The van der Waals surface area contributed by atoms with Gasteiger partial charge in [-0.15, -0.1) is 0 Å². The van der Waals surface area contributed by atoms with Crippen molar-refractivity contribution >= 4 is 16.9 Å². The van der Waals surface area contributed by atoms with Crippen molar-refractivity contribution in [2.75, 3.05) is 6.54 Å². The topological polar surface area (TPSA) is 66.8 Å². The van der Waals surface area contributed by atoms with Crippen LogP contribution < -0.4 is 0 Å². The van der Waals surface area contributed by atoms with E-state index in [1.165, 1.54) is 11.1 Å². The molecule has 3 aromatic rings. The van der Waals surface area contributed by atoms with Gasteiger partial charge in [-0.25, -0.2) is 4.98 Å². The zero-order chi connectivity index (χ0) is 19.1. The summed E-state index contributed by atoms with van der Waals surface area (Å²) in [7, 11) is 0. The molecule has 6 nitrogen and oxygen atoms in total. The lowest BCUT2D eigenvalue weighted by Gasteiger charge is -2.34. The Hall–Kier alpha value is -2.63. The molecular weight excluding hydrogens is 338 g/mol. The Kier molecular flexibility index (Phi) is 4.50. The van der Waals surface area contributed by atoms with Crippen molar-refractivity contribution < 1.29 is 4.79 Å². The van der Waals surface area contributed by atoms with Gasteiger partial charge in [0.25, 0.3) is 5.91 Å². The molecule has 1 aromatic carbocycles. The van der Waals surface area contributed by atoms with Crippen LogP contribution in [0.2, 0.25) is 0 Å². The van der Waals surface area contributed by atoms with E-state index in [1.54, 1.807) is 6.20 Å². The molecule has 1 saturated heterocycles. The maximum absolute atomic E-state index is 13.2. The lowest BCUT2D eigenvalue weighted by atomic mass is 10.0. The van der Waals surface area contributed by atoms with Gasteiger partial charge in [0.05, 0.1) is 28.8 Å². The molecule has 6 heteroatoms. The maximum atomic E-state index is 13.2. The van der Waals surface area contributed by atoms with E-state index in [1.807, 2.05) is 15.8 Å². The normalized spacial score (nSPS) is 17.8. The van der Waals surface area contributed by atoms with Crippen LogP contribution in [0.15, 0.2) is 24.5 Å². The minimum atomic E-state index is -0.0123. The number of amides is 1. The number of nitrogens with one attached hydrogen (secondary N) is 1. The number of H-pyrrole nitrogens is 1. The molecule has 4 rings (SSSR count). The summed E-state index contributed by atoms with van der Waals surface area (Å²) < 4.78 is 1.83. The highest BCUT2D eigenvalue weighted by atomic mass is 16.2. The fraction of sp³-hybridized carbons (Fsp3) is 0.476. The van der Waals surface area contributed by atoms with E-state index < -0.39 is 0 Å². The first-order valence-electron chi connectivity index (χ1n) is 9.76. The van der Waals surface area contributed by atoms with Gasteiger partial charge in [-0.1, -0.05) is 0 Å².